The quantitative estimate of drug-likeness (QED) is 0.812. The van der Waals surface area contributed by atoms with Gasteiger partial charge in [0.05, 0.1) is 0 Å². The Bertz CT molecular complexity index is 427. The van der Waals surface area contributed by atoms with Crippen molar-refractivity contribution in [2.24, 2.45) is 0 Å². The van der Waals surface area contributed by atoms with Crippen molar-refractivity contribution in [3.05, 3.63) is 28.8 Å². The van der Waals surface area contributed by atoms with E-state index >= 15 is 0 Å². The van der Waals surface area contributed by atoms with E-state index in [0.717, 1.165) is 18.7 Å². The maximum Gasteiger partial charge on any atom is 0.226 e. The molecule has 0 radical (unpaired) electrons. The predicted molar refractivity (Wildman–Crippen MR) is 77.2 cm³/mol. The molecule has 3 heteroatoms. The van der Waals surface area contributed by atoms with E-state index in [1.807, 2.05) is 20.2 Å². The van der Waals surface area contributed by atoms with Crippen molar-refractivity contribution in [2.45, 2.75) is 33.6 Å². The second-order valence-corrected chi connectivity index (χ2v) is 4.81. The zero-order valence-electron chi connectivity index (χ0n) is 12.1. The van der Waals surface area contributed by atoms with E-state index in [0.29, 0.717) is 6.42 Å². The summed E-state index contributed by atoms with van der Waals surface area (Å²) in [5, 5.41) is 3.06. The third-order valence-corrected chi connectivity index (χ3v) is 3.58. The molecule has 1 aromatic carbocycles. The molecule has 0 aromatic heterocycles. The molecular weight excluding hydrogens is 224 g/mol. The van der Waals surface area contributed by atoms with Crippen molar-refractivity contribution >= 4 is 11.6 Å². The van der Waals surface area contributed by atoms with Crippen LogP contribution in [0.15, 0.2) is 12.1 Å². The summed E-state index contributed by atoms with van der Waals surface area (Å²) in [4.78, 5) is 13.8. The number of hydrogen-bond acceptors (Lipinski definition) is 2. The second kappa shape index (κ2) is 6.55. The molecule has 0 heterocycles. The van der Waals surface area contributed by atoms with Gasteiger partial charge in [-0.05, 0) is 63.5 Å². The number of amides is 1. The minimum atomic E-state index is 0.177. The summed E-state index contributed by atoms with van der Waals surface area (Å²) in [6.07, 6.45) is 1.47. The van der Waals surface area contributed by atoms with Crippen LogP contribution in [0, 0.1) is 20.8 Å². The summed E-state index contributed by atoms with van der Waals surface area (Å²) in [6.45, 7) is 7.16. The van der Waals surface area contributed by atoms with Gasteiger partial charge in [-0.15, -0.1) is 0 Å². The van der Waals surface area contributed by atoms with Crippen molar-refractivity contribution in [3.63, 3.8) is 0 Å². The average molecular weight is 248 g/mol. The van der Waals surface area contributed by atoms with Gasteiger partial charge in [-0.1, -0.05) is 6.07 Å². The molecule has 0 aliphatic heterocycles. The Morgan fingerprint density at radius 2 is 1.89 bits per heavy atom. The lowest BCUT2D eigenvalue weighted by molar-refractivity contribution is -0.118. The van der Waals surface area contributed by atoms with Gasteiger partial charge in [-0.3, -0.25) is 4.79 Å². The third-order valence-electron chi connectivity index (χ3n) is 3.58. The fourth-order valence-corrected chi connectivity index (χ4v) is 2.02. The van der Waals surface area contributed by atoms with Crippen LogP contribution in [0.3, 0.4) is 0 Å². The molecule has 0 saturated heterocycles. The van der Waals surface area contributed by atoms with Crippen molar-refractivity contribution in [2.75, 3.05) is 25.5 Å². The maximum absolute atomic E-state index is 12.1. The summed E-state index contributed by atoms with van der Waals surface area (Å²) >= 11 is 0. The van der Waals surface area contributed by atoms with E-state index in [1.54, 1.807) is 4.90 Å². The molecule has 1 aromatic rings. The van der Waals surface area contributed by atoms with E-state index in [-0.39, 0.29) is 5.91 Å². The zero-order chi connectivity index (χ0) is 13.7. The molecule has 0 spiro atoms. The van der Waals surface area contributed by atoms with Crippen LogP contribution in [0.1, 0.15) is 29.5 Å². The SMILES string of the molecule is CNCCCC(=O)N(C)c1ccc(C)c(C)c1C. The highest BCUT2D eigenvalue weighted by atomic mass is 16.2. The number of hydrogen-bond donors (Lipinski definition) is 1. The number of carbonyl (C=O) groups excluding carboxylic acids is 1. The molecule has 1 amide bonds. The van der Waals surface area contributed by atoms with Crippen LogP contribution in [0.4, 0.5) is 5.69 Å². The van der Waals surface area contributed by atoms with E-state index in [2.05, 4.69) is 32.2 Å². The molecule has 0 saturated carbocycles. The Labute approximate surface area is 110 Å². The fraction of sp³-hybridized carbons (Fsp3) is 0.533. The first-order valence-electron chi connectivity index (χ1n) is 6.47. The molecule has 100 valence electrons. The van der Waals surface area contributed by atoms with Gasteiger partial charge in [0.2, 0.25) is 5.91 Å². The first-order valence-corrected chi connectivity index (χ1v) is 6.47. The normalized spacial score (nSPS) is 10.5. The third kappa shape index (κ3) is 3.33. The minimum Gasteiger partial charge on any atom is -0.320 e. The van der Waals surface area contributed by atoms with Crippen molar-refractivity contribution < 1.29 is 4.79 Å². The van der Waals surface area contributed by atoms with Crippen molar-refractivity contribution in [1.29, 1.82) is 0 Å². The van der Waals surface area contributed by atoms with E-state index in [9.17, 15) is 4.79 Å². The topological polar surface area (TPSA) is 32.3 Å². The Morgan fingerprint density at radius 1 is 1.22 bits per heavy atom. The summed E-state index contributed by atoms with van der Waals surface area (Å²) in [5.74, 6) is 0.177. The van der Waals surface area contributed by atoms with Crippen LogP contribution in [0.25, 0.3) is 0 Å². The van der Waals surface area contributed by atoms with Crippen LogP contribution < -0.4 is 10.2 Å². The van der Waals surface area contributed by atoms with Gasteiger partial charge >= 0.3 is 0 Å². The lowest BCUT2D eigenvalue weighted by Gasteiger charge is -2.21. The highest BCUT2D eigenvalue weighted by Crippen LogP contribution is 2.24. The van der Waals surface area contributed by atoms with Gasteiger partial charge in [0, 0.05) is 19.2 Å². The summed E-state index contributed by atoms with van der Waals surface area (Å²) in [6, 6.07) is 4.11. The molecule has 0 fully saturated rings. The lowest BCUT2D eigenvalue weighted by atomic mass is 10.0. The zero-order valence-corrected chi connectivity index (χ0v) is 12.1. The monoisotopic (exact) mass is 248 g/mol. The van der Waals surface area contributed by atoms with Gasteiger partial charge in [0.25, 0.3) is 0 Å². The number of anilines is 1. The van der Waals surface area contributed by atoms with E-state index in [1.165, 1.54) is 16.7 Å². The number of rotatable bonds is 5. The largest absolute Gasteiger partial charge is 0.320 e. The van der Waals surface area contributed by atoms with Crippen LogP contribution >= 0.6 is 0 Å². The molecular formula is C15H24N2O. The van der Waals surface area contributed by atoms with Gasteiger partial charge in [-0.2, -0.15) is 0 Å². The lowest BCUT2D eigenvalue weighted by Crippen LogP contribution is -2.27. The standard InChI is InChI=1S/C15H24N2O/c1-11-8-9-14(13(3)12(11)2)17(5)15(18)7-6-10-16-4/h8-9,16H,6-7,10H2,1-5H3. The van der Waals surface area contributed by atoms with Crippen molar-refractivity contribution in [3.8, 4) is 0 Å². The molecule has 0 unspecified atom stereocenters. The first kappa shape index (κ1) is 14.7. The summed E-state index contributed by atoms with van der Waals surface area (Å²) in [7, 11) is 3.76. The Hall–Kier alpha value is -1.35. The molecule has 1 rings (SSSR count). The number of benzene rings is 1. The number of carbonyl (C=O) groups is 1. The van der Waals surface area contributed by atoms with Crippen molar-refractivity contribution in [1.82, 2.24) is 5.32 Å². The molecule has 0 aliphatic carbocycles. The number of nitrogens with zero attached hydrogens (tertiary/aromatic N) is 1. The highest BCUT2D eigenvalue weighted by Gasteiger charge is 2.14. The molecule has 0 bridgehead atoms. The molecule has 3 nitrogen and oxygen atoms in total. The Kier molecular flexibility index (Phi) is 5.35. The van der Waals surface area contributed by atoms with Gasteiger partial charge < -0.3 is 10.2 Å². The van der Waals surface area contributed by atoms with Crippen LogP contribution in [0.2, 0.25) is 0 Å². The second-order valence-electron chi connectivity index (χ2n) is 4.81. The fourth-order valence-electron chi connectivity index (χ4n) is 2.02. The smallest absolute Gasteiger partial charge is 0.226 e. The van der Waals surface area contributed by atoms with Gasteiger partial charge in [0.15, 0.2) is 0 Å². The first-order chi connectivity index (χ1) is 8.49. The molecule has 0 atom stereocenters. The van der Waals surface area contributed by atoms with Crippen LogP contribution in [-0.2, 0) is 4.79 Å². The van der Waals surface area contributed by atoms with Gasteiger partial charge in [-0.25, -0.2) is 0 Å². The predicted octanol–water partition coefficient (Wildman–Crippen LogP) is 2.57. The number of aryl methyl sites for hydroxylation is 1. The average Bonchev–Trinajstić information content (AvgIpc) is 2.35. The highest BCUT2D eigenvalue weighted by molar-refractivity contribution is 5.93. The maximum atomic E-state index is 12.1. The van der Waals surface area contributed by atoms with E-state index in [4.69, 9.17) is 0 Å². The molecule has 1 N–H and O–H groups in total. The Morgan fingerprint density at radius 3 is 2.50 bits per heavy atom. The van der Waals surface area contributed by atoms with Gasteiger partial charge in [0.1, 0.15) is 0 Å². The molecule has 0 aliphatic rings. The molecule has 18 heavy (non-hydrogen) atoms. The summed E-state index contributed by atoms with van der Waals surface area (Å²) in [5.41, 5.74) is 4.75. The Balaban J connectivity index is 2.81. The summed E-state index contributed by atoms with van der Waals surface area (Å²) < 4.78 is 0. The number of nitrogens with one attached hydrogen (secondary N) is 1. The van der Waals surface area contributed by atoms with Crippen LogP contribution in [0.5, 0.6) is 0 Å². The van der Waals surface area contributed by atoms with Crippen LogP contribution in [-0.4, -0.2) is 26.5 Å². The van der Waals surface area contributed by atoms with E-state index < -0.39 is 0 Å². The minimum absolute atomic E-state index is 0.177.